The van der Waals surface area contributed by atoms with E-state index in [1.165, 1.54) is 4.90 Å². The summed E-state index contributed by atoms with van der Waals surface area (Å²) in [4.78, 5) is 27.0. The molecule has 0 aliphatic carbocycles. The molecule has 0 spiro atoms. The Morgan fingerprint density at radius 2 is 1.86 bits per heavy atom. The van der Waals surface area contributed by atoms with E-state index >= 15 is 0 Å². The van der Waals surface area contributed by atoms with Crippen molar-refractivity contribution in [2.75, 3.05) is 13.7 Å². The van der Waals surface area contributed by atoms with Gasteiger partial charge in [-0.1, -0.05) is 30.7 Å². The normalized spacial score (nSPS) is 18.6. The van der Waals surface area contributed by atoms with Gasteiger partial charge in [0.1, 0.15) is 11.5 Å². The maximum atomic E-state index is 12.8. The minimum absolute atomic E-state index is 0.0883. The number of halogens is 1. The molecule has 2 aromatic rings. The van der Waals surface area contributed by atoms with Gasteiger partial charge in [-0.3, -0.25) is 9.59 Å². The number of methoxy groups -OCH3 is 1. The van der Waals surface area contributed by atoms with E-state index in [4.69, 9.17) is 16.3 Å². The Balaban J connectivity index is 2.17. The minimum atomic E-state index is -0.681. The molecule has 1 atom stereocenters. The summed E-state index contributed by atoms with van der Waals surface area (Å²) in [5.74, 6) is -0.798. The average molecular weight is 400 g/mol. The molecule has 28 heavy (non-hydrogen) atoms. The molecule has 0 bridgehead atoms. The second-order valence-electron chi connectivity index (χ2n) is 6.73. The van der Waals surface area contributed by atoms with Gasteiger partial charge in [-0.15, -0.1) is 0 Å². The van der Waals surface area contributed by atoms with Crippen LogP contribution in [0.15, 0.2) is 48.0 Å². The number of hydrogen-bond donors (Lipinski definition) is 1. The smallest absolute Gasteiger partial charge is 0.295 e. The fourth-order valence-corrected chi connectivity index (χ4v) is 3.65. The molecule has 3 rings (SSSR count). The van der Waals surface area contributed by atoms with E-state index in [2.05, 4.69) is 0 Å². The molecule has 1 aliphatic rings. The molecule has 6 heteroatoms. The molecule has 0 saturated carbocycles. The summed E-state index contributed by atoms with van der Waals surface area (Å²) < 4.78 is 5.25. The Morgan fingerprint density at radius 1 is 1.18 bits per heavy atom. The highest BCUT2D eigenvalue weighted by Crippen LogP contribution is 2.40. The molecular weight excluding hydrogens is 378 g/mol. The zero-order valence-electron chi connectivity index (χ0n) is 16.0. The highest BCUT2D eigenvalue weighted by atomic mass is 35.5. The maximum Gasteiger partial charge on any atom is 0.295 e. The van der Waals surface area contributed by atoms with Crippen LogP contribution in [-0.4, -0.2) is 35.4 Å². The third-order valence-electron chi connectivity index (χ3n) is 4.86. The van der Waals surface area contributed by atoms with Crippen LogP contribution < -0.4 is 4.74 Å². The average Bonchev–Trinajstić information content (AvgIpc) is 2.93. The van der Waals surface area contributed by atoms with Crippen molar-refractivity contribution in [1.29, 1.82) is 0 Å². The molecule has 0 radical (unpaired) electrons. The number of likely N-dealkylation sites (tertiary alicyclic amines) is 1. The Labute approximate surface area is 169 Å². The zero-order valence-corrected chi connectivity index (χ0v) is 16.8. The number of ketones is 1. The first-order valence-electron chi connectivity index (χ1n) is 9.08. The summed E-state index contributed by atoms with van der Waals surface area (Å²) >= 11 is 5.99. The monoisotopic (exact) mass is 399 g/mol. The van der Waals surface area contributed by atoms with Crippen LogP contribution in [0.5, 0.6) is 5.75 Å². The summed E-state index contributed by atoms with van der Waals surface area (Å²) in [5.41, 5.74) is 2.10. The van der Waals surface area contributed by atoms with E-state index < -0.39 is 17.7 Å². The molecule has 1 saturated heterocycles. The fourth-order valence-electron chi connectivity index (χ4n) is 3.52. The van der Waals surface area contributed by atoms with Crippen molar-refractivity contribution in [1.82, 2.24) is 4.90 Å². The molecule has 1 heterocycles. The quantitative estimate of drug-likeness (QED) is 0.457. The molecule has 0 aromatic heterocycles. The van der Waals surface area contributed by atoms with E-state index in [1.54, 1.807) is 49.6 Å². The first-order valence-corrected chi connectivity index (χ1v) is 9.45. The third kappa shape index (κ3) is 3.50. The lowest BCUT2D eigenvalue weighted by Crippen LogP contribution is -2.30. The van der Waals surface area contributed by atoms with Crippen LogP contribution >= 0.6 is 11.6 Å². The molecule has 1 unspecified atom stereocenters. The lowest BCUT2D eigenvalue weighted by molar-refractivity contribution is -0.139. The largest absolute Gasteiger partial charge is 0.507 e. The highest BCUT2D eigenvalue weighted by Gasteiger charge is 2.45. The van der Waals surface area contributed by atoms with E-state index in [0.717, 1.165) is 11.1 Å². The molecule has 2 aromatic carbocycles. The number of ether oxygens (including phenoxy) is 1. The summed E-state index contributed by atoms with van der Waals surface area (Å²) in [6.07, 6.45) is 0.693. The van der Waals surface area contributed by atoms with E-state index in [-0.39, 0.29) is 11.3 Å². The second kappa shape index (κ2) is 8.07. The lowest BCUT2D eigenvalue weighted by Gasteiger charge is -2.25. The molecular formula is C22H22ClNO4. The number of Topliss-reactive ketones (excluding diaryl/α,β-unsaturated/α-hetero) is 1. The summed E-state index contributed by atoms with van der Waals surface area (Å²) in [6, 6.07) is 11.4. The summed E-state index contributed by atoms with van der Waals surface area (Å²) in [5, 5.41) is 11.5. The van der Waals surface area contributed by atoms with Gasteiger partial charge in [-0.25, -0.2) is 0 Å². The number of nitrogens with zero attached hydrogens (tertiary/aromatic N) is 1. The van der Waals surface area contributed by atoms with Crippen LogP contribution in [-0.2, 0) is 9.59 Å². The van der Waals surface area contributed by atoms with Gasteiger partial charge in [0.25, 0.3) is 11.7 Å². The van der Waals surface area contributed by atoms with Gasteiger partial charge in [0.05, 0.1) is 18.7 Å². The van der Waals surface area contributed by atoms with Gasteiger partial charge in [0.2, 0.25) is 0 Å². The number of rotatable bonds is 5. The number of amides is 1. The van der Waals surface area contributed by atoms with Crippen molar-refractivity contribution in [2.24, 2.45) is 0 Å². The van der Waals surface area contributed by atoms with Gasteiger partial charge in [-0.05, 0) is 54.8 Å². The van der Waals surface area contributed by atoms with Gasteiger partial charge >= 0.3 is 0 Å². The Bertz CT molecular complexity index is 950. The van der Waals surface area contributed by atoms with Crippen molar-refractivity contribution in [2.45, 2.75) is 26.3 Å². The molecule has 146 valence electrons. The van der Waals surface area contributed by atoms with Gasteiger partial charge in [0, 0.05) is 17.1 Å². The van der Waals surface area contributed by atoms with Crippen LogP contribution in [0.25, 0.3) is 5.76 Å². The van der Waals surface area contributed by atoms with Crippen LogP contribution in [0.2, 0.25) is 5.02 Å². The Morgan fingerprint density at radius 3 is 2.43 bits per heavy atom. The van der Waals surface area contributed by atoms with Crippen molar-refractivity contribution < 1.29 is 19.4 Å². The minimum Gasteiger partial charge on any atom is -0.507 e. The number of carbonyl (C=O) groups is 2. The lowest BCUT2D eigenvalue weighted by atomic mass is 9.95. The third-order valence-corrected chi connectivity index (χ3v) is 5.11. The van der Waals surface area contributed by atoms with Crippen molar-refractivity contribution in [3.05, 3.63) is 69.8 Å². The predicted molar refractivity (Wildman–Crippen MR) is 108 cm³/mol. The van der Waals surface area contributed by atoms with Crippen LogP contribution in [0, 0.1) is 6.92 Å². The first-order chi connectivity index (χ1) is 13.4. The number of benzene rings is 2. The maximum absolute atomic E-state index is 12.8. The molecule has 1 amide bonds. The number of hydrogen-bond acceptors (Lipinski definition) is 4. The van der Waals surface area contributed by atoms with Gasteiger partial charge in [-0.2, -0.15) is 0 Å². The van der Waals surface area contributed by atoms with Gasteiger partial charge in [0.15, 0.2) is 0 Å². The second-order valence-corrected chi connectivity index (χ2v) is 7.16. The Kier molecular flexibility index (Phi) is 5.75. The van der Waals surface area contributed by atoms with E-state index in [0.29, 0.717) is 29.3 Å². The van der Waals surface area contributed by atoms with Gasteiger partial charge < -0.3 is 14.7 Å². The fraction of sp³-hybridized carbons (Fsp3) is 0.273. The van der Waals surface area contributed by atoms with Crippen molar-refractivity contribution in [3.8, 4) is 5.75 Å². The molecule has 1 aliphatic heterocycles. The standard InChI is InChI=1S/C22H22ClNO4/c1-4-11-24-19(14-5-8-16(23)9-6-14)18(21(26)22(24)27)20(25)15-7-10-17(28-3)13(2)12-15/h5-10,12,19,25H,4,11H2,1-3H3/b20-18-. The number of aliphatic hydroxyl groups is 1. The Hall–Kier alpha value is -2.79. The first kappa shape index (κ1) is 20.0. The van der Waals surface area contributed by atoms with Crippen LogP contribution in [0.1, 0.15) is 36.1 Å². The highest BCUT2D eigenvalue weighted by molar-refractivity contribution is 6.46. The summed E-state index contributed by atoms with van der Waals surface area (Å²) in [6.45, 7) is 4.20. The molecule has 5 nitrogen and oxygen atoms in total. The zero-order chi connectivity index (χ0) is 20.4. The van der Waals surface area contributed by atoms with Crippen LogP contribution in [0.4, 0.5) is 0 Å². The molecule has 1 fully saturated rings. The van der Waals surface area contributed by atoms with Crippen molar-refractivity contribution in [3.63, 3.8) is 0 Å². The van der Waals surface area contributed by atoms with E-state index in [1.807, 2.05) is 13.8 Å². The van der Waals surface area contributed by atoms with Crippen LogP contribution in [0.3, 0.4) is 0 Å². The predicted octanol–water partition coefficient (Wildman–Crippen LogP) is 4.49. The topological polar surface area (TPSA) is 66.8 Å². The number of aliphatic hydroxyl groups excluding tert-OH is 1. The molecule has 1 N–H and O–H groups in total. The number of carbonyl (C=O) groups excluding carboxylic acids is 2. The summed E-state index contributed by atoms with van der Waals surface area (Å²) in [7, 11) is 1.57. The number of aryl methyl sites for hydroxylation is 1. The van der Waals surface area contributed by atoms with E-state index in [9.17, 15) is 14.7 Å². The SMILES string of the molecule is CCCN1C(=O)C(=O)/C(=C(\O)c2ccc(OC)c(C)c2)C1c1ccc(Cl)cc1. The van der Waals surface area contributed by atoms with Crippen molar-refractivity contribution >= 4 is 29.1 Å².